The van der Waals surface area contributed by atoms with Crippen LogP contribution in [0, 0.1) is 0 Å². The van der Waals surface area contributed by atoms with Crippen LogP contribution in [-0.4, -0.2) is 16.2 Å². The van der Waals surface area contributed by atoms with E-state index in [-0.39, 0.29) is 11.5 Å². The minimum absolute atomic E-state index is 0.0650. The van der Waals surface area contributed by atoms with Crippen molar-refractivity contribution in [2.24, 2.45) is 0 Å². The second-order valence-electron chi connectivity index (χ2n) is 5.80. The Morgan fingerprint density at radius 2 is 1.65 bits per heavy atom. The van der Waals surface area contributed by atoms with Crippen molar-refractivity contribution in [3.05, 3.63) is 66.0 Å². The summed E-state index contributed by atoms with van der Waals surface area (Å²) >= 11 is 0. The van der Waals surface area contributed by atoms with Gasteiger partial charge in [0.25, 0.3) is 0 Å². The van der Waals surface area contributed by atoms with E-state index in [2.05, 4.69) is 29.2 Å². The van der Waals surface area contributed by atoms with E-state index >= 15 is 0 Å². The molecule has 0 bridgehead atoms. The third-order valence-electron chi connectivity index (χ3n) is 4.66. The molecule has 0 amide bonds. The van der Waals surface area contributed by atoms with Gasteiger partial charge in [0.15, 0.2) is 0 Å². The van der Waals surface area contributed by atoms with Gasteiger partial charge < -0.3 is 5.11 Å². The molecule has 1 heterocycles. The minimum Gasteiger partial charge on any atom is -0.392 e. The maximum Gasteiger partial charge on any atom is 0.0677 e. The van der Waals surface area contributed by atoms with Gasteiger partial charge in [-0.2, -0.15) is 0 Å². The highest BCUT2D eigenvalue weighted by Crippen LogP contribution is 2.44. The molecule has 2 aromatic rings. The number of pyridine rings is 1. The van der Waals surface area contributed by atoms with Gasteiger partial charge >= 0.3 is 0 Å². The molecule has 1 unspecified atom stereocenters. The van der Waals surface area contributed by atoms with Crippen LogP contribution in [0.2, 0.25) is 0 Å². The zero-order valence-corrected chi connectivity index (χ0v) is 11.7. The fraction of sp³-hybridized carbons (Fsp3) is 0.389. The molecule has 0 spiro atoms. The van der Waals surface area contributed by atoms with Gasteiger partial charge in [-0.1, -0.05) is 43.2 Å². The highest BCUT2D eigenvalue weighted by atomic mass is 16.3. The second kappa shape index (κ2) is 5.76. The van der Waals surface area contributed by atoms with Crippen LogP contribution in [0.25, 0.3) is 0 Å². The number of hydrogen-bond donors (Lipinski definition) is 1. The quantitative estimate of drug-likeness (QED) is 0.919. The number of aliphatic hydroxyl groups is 1. The maximum absolute atomic E-state index is 10.9. The fourth-order valence-electron chi connectivity index (χ4n) is 3.53. The molecule has 1 aromatic heterocycles. The van der Waals surface area contributed by atoms with Crippen molar-refractivity contribution < 1.29 is 5.11 Å². The zero-order chi connectivity index (χ0) is 13.8. The summed E-state index contributed by atoms with van der Waals surface area (Å²) in [4.78, 5) is 4.04. The molecule has 1 aliphatic rings. The lowest BCUT2D eigenvalue weighted by molar-refractivity contribution is 0.0825. The summed E-state index contributed by atoms with van der Waals surface area (Å²) in [7, 11) is 0. The van der Waals surface area contributed by atoms with Crippen molar-refractivity contribution in [3.63, 3.8) is 0 Å². The van der Waals surface area contributed by atoms with Gasteiger partial charge in [-0.25, -0.2) is 0 Å². The van der Waals surface area contributed by atoms with Crippen molar-refractivity contribution in [2.75, 3.05) is 0 Å². The van der Waals surface area contributed by atoms with Crippen LogP contribution < -0.4 is 0 Å². The van der Waals surface area contributed by atoms with Gasteiger partial charge in [-0.05, 0) is 42.5 Å². The Hall–Kier alpha value is -1.67. The highest BCUT2D eigenvalue weighted by Gasteiger charge is 2.41. The predicted molar refractivity (Wildman–Crippen MR) is 80.5 cm³/mol. The Morgan fingerprint density at radius 1 is 1.00 bits per heavy atom. The lowest BCUT2D eigenvalue weighted by Gasteiger charge is -2.35. The normalized spacial score (nSPS) is 18.9. The molecule has 104 valence electrons. The maximum atomic E-state index is 10.9. The molecular formula is C18H21NO. The summed E-state index contributed by atoms with van der Waals surface area (Å²) in [5, 5.41) is 10.9. The van der Waals surface area contributed by atoms with Crippen LogP contribution in [0.15, 0.2) is 54.9 Å². The lowest BCUT2D eigenvalue weighted by Crippen LogP contribution is -2.38. The zero-order valence-electron chi connectivity index (χ0n) is 11.7. The Kier molecular flexibility index (Phi) is 3.83. The average molecular weight is 267 g/mol. The molecule has 0 aliphatic heterocycles. The first kappa shape index (κ1) is 13.3. The third-order valence-corrected chi connectivity index (χ3v) is 4.66. The van der Waals surface area contributed by atoms with Gasteiger partial charge in [0.1, 0.15) is 0 Å². The standard InChI is InChI=1S/C18H21NO/c20-17(14-15-8-12-19-13-9-15)18(10-4-5-11-18)16-6-2-1-3-7-16/h1-3,6-9,12-13,17,20H,4-5,10-11,14H2. The average Bonchev–Trinajstić information content (AvgIpc) is 3.00. The van der Waals surface area contributed by atoms with Crippen molar-refractivity contribution in [1.82, 2.24) is 4.98 Å². The van der Waals surface area contributed by atoms with Gasteiger partial charge in [-0.15, -0.1) is 0 Å². The highest BCUT2D eigenvalue weighted by molar-refractivity contribution is 5.29. The number of nitrogens with zero attached hydrogens (tertiary/aromatic N) is 1. The Balaban J connectivity index is 1.87. The molecule has 2 heteroatoms. The number of benzene rings is 1. The first-order valence-electron chi connectivity index (χ1n) is 7.44. The Morgan fingerprint density at radius 3 is 2.30 bits per heavy atom. The van der Waals surface area contributed by atoms with Crippen LogP contribution in [-0.2, 0) is 11.8 Å². The van der Waals surface area contributed by atoms with Gasteiger partial charge in [0, 0.05) is 17.8 Å². The van der Waals surface area contributed by atoms with Crippen molar-refractivity contribution in [1.29, 1.82) is 0 Å². The van der Waals surface area contributed by atoms with Crippen molar-refractivity contribution >= 4 is 0 Å². The van der Waals surface area contributed by atoms with E-state index in [4.69, 9.17) is 0 Å². The minimum atomic E-state index is -0.324. The lowest BCUT2D eigenvalue weighted by atomic mass is 9.72. The molecule has 1 aliphatic carbocycles. The first-order valence-corrected chi connectivity index (χ1v) is 7.44. The van der Waals surface area contributed by atoms with Crippen molar-refractivity contribution in [3.8, 4) is 0 Å². The van der Waals surface area contributed by atoms with E-state index in [0.717, 1.165) is 18.4 Å². The van der Waals surface area contributed by atoms with Gasteiger partial charge in [-0.3, -0.25) is 4.98 Å². The predicted octanol–water partition coefficient (Wildman–Crippen LogP) is 3.50. The summed E-state index contributed by atoms with van der Waals surface area (Å²) in [6.07, 6.45) is 8.57. The monoisotopic (exact) mass is 267 g/mol. The number of rotatable bonds is 4. The molecule has 0 radical (unpaired) electrons. The number of aliphatic hydroxyl groups excluding tert-OH is 1. The molecule has 20 heavy (non-hydrogen) atoms. The second-order valence-corrected chi connectivity index (χ2v) is 5.80. The molecule has 1 atom stereocenters. The van der Waals surface area contributed by atoms with E-state index in [9.17, 15) is 5.11 Å². The molecule has 1 N–H and O–H groups in total. The van der Waals surface area contributed by atoms with Gasteiger partial charge in [0.2, 0.25) is 0 Å². The molecule has 2 nitrogen and oxygen atoms in total. The van der Waals surface area contributed by atoms with Gasteiger partial charge in [0.05, 0.1) is 6.10 Å². The summed E-state index contributed by atoms with van der Waals surface area (Å²) in [5.74, 6) is 0. The molecule has 3 rings (SSSR count). The van der Waals surface area contributed by atoms with Crippen molar-refractivity contribution in [2.45, 2.75) is 43.6 Å². The molecule has 1 saturated carbocycles. The van der Waals surface area contributed by atoms with Crippen LogP contribution in [0.3, 0.4) is 0 Å². The fourth-order valence-corrected chi connectivity index (χ4v) is 3.53. The number of aromatic nitrogens is 1. The van der Waals surface area contributed by atoms with Crippen LogP contribution in [0.4, 0.5) is 0 Å². The Labute approximate surface area is 120 Å². The van der Waals surface area contributed by atoms with E-state index in [0.29, 0.717) is 6.42 Å². The molecule has 0 saturated heterocycles. The summed E-state index contributed by atoms with van der Waals surface area (Å²) in [6.45, 7) is 0. The largest absolute Gasteiger partial charge is 0.392 e. The smallest absolute Gasteiger partial charge is 0.0677 e. The van der Waals surface area contributed by atoms with E-state index in [1.165, 1.54) is 18.4 Å². The van der Waals surface area contributed by atoms with Crippen LogP contribution >= 0.6 is 0 Å². The SMILES string of the molecule is OC(Cc1ccncc1)C1(c2ccccc2)CCCC1. The first-order chi connectivity index (χ1) is 9.81. The summed E-state index contributed by atoms with van der Waals surface area (Å²) in [6, 6.07) is 14.5. The summed E-state index contributed by atoms with van der Waals surface area (Å²) < 4.78 is 0. The number of hydrogen-bond acceptors (Lipinski definition) is 2. The van der Waals surface area contributed by atoms with E-state index in [1.54, 1.807) is 12.4 Å². The molecule has 1 fully saturated rings. The molecule has 1 aromatic carbocycles. The van der Waals surface area contributed by atoms with Crippen LogP contribution in [0.5, 0.6) is 0 Å². The molecular weight excluding hydrogens is 246 g/mol. The van der Waals surface area contributed by atoms with Crippen LogP contribution in [0.1, 0.15) is 36.8 Å². The third kappa shape index (κ3) is 2.48. The topological polar surface area (TPSA) is 33.1 Å². The van der Waals surface area contributed by atoms with E-state index in [1.807, 2.05) is 18.2 Å². The Bertz CT molecular complexity index is 532. The summed E-state index contributed by atoms with van der Waals surface area (Å²) in [5.41, 5.74) is 2.39. The van der Waals surface area contributed by atoms with E-state index < -0.39 is 0 Å².